The van der Waals surface area contributed by atoms with E-state index in [1.165, 1.54) is 0 Å². The van der Waals surface area contributed by atoms with Crippen LogP contribution >= 0.6 is 23.2 Å². The second-order valence-corrected chi connectivity index (χ2v) is 5.85. The highest BCUT2D eigenvalue weighted by atomic mass is 35.5. The molecule has 104 valence electrons. The van der Waals surface area contributed by atoms with Crippen LogP contribution in [0.15, 0.2) is 18.2 Å². The second kappa shape index (κ2) is 5.47. The van der Waals surface area contributed by atoms with Crippen molar-refractivity contribution in [1.82, 2.24) is 0 Å². The maximum Gasteiger partial charge on any atom is 0.312 e. The molecule has 1 aromatic carbocycles. The Morgan fingerprint density at radius 2 is 2.05 bits per heavy atom. The van der Waals surface area contributed by atoms with Crippen molar-refractivity contribution in [3.63, 3.8) is 0 Å². The lowest BCUT2D eigenvalue weighted by Gasteiger charge is -2.11. The summed E-state index contributed by atoms with van der Waals surface area (Å²) >= 11 is 11.6. The Labute approximate surface area is 121 Å². The number of ether oxygens (including phenoxy) is 3. The number of carbonyl (C=O) groups excluding carboxylic acids is 1. The highest BCUT2D eigenvalue weighted by Gasteiger charge is 2.57. The smallest absolute Gasteiger partial charge is 0.312 e. The van der Waals surface area contributed by atoms with Crippen molar-refractivity contribution in [2.45, 2.75) is 17.4 Å². The van der Waals surface area contributed by atoms with Gasteiger partial charge < -0.3 is 14.2 Å². The third kappa shape index (κ3) is 3.25. The van der Waals surface area contributed by atoms with Gasteiger partial charge in [-0.05, 0) is 24.6 Å². The van der Waals surface area contributed by atoms with Crippen molar-refractivity contribution in [3.8, 4) is 11.5 Å². The van der Waals surface area contributed by atoms with Crippen LogP contribution in [0.5, 0.6) is 11.5 Å². The standard InChI is InChI=1S/C13H14Cl2O4/c1-17-9-3-4-11(18-2)8(5-9)7-19-12(16)10-6-13(10,14)15/h3-5,10H,6-7H2,1-2H3. The molecule has 0 N–H and O–H groups in total. The van der Waals surface area contributed by atoms with Gasteiger partial charge in [0.05, 0.1) is 20.1 Å². The summed E-state index contributed by atoms with van der Waals surface area (Å²) in [6.07, 6.45) is 0.435. The van der Waals surface area contributed by atoms with Crippen LogP contribution in [-0.4, -0.2) is 24.5 Å². The fraction of sp³-hybridized carbons (Fsp3) is 0.462. The van der Waals surface area contributed by atoms with Crippen LogP contribution in [0.4, 0.5) is 0 Å². The molecule has 1 saturated carbocycles. The van der Waals surface area contributed by atoms with Crippen molar-refractivity contribution in [1.29, 1.82) is 0 Å². The predicted octanol–water partition coefficient (Wildman–Crippen LogP) is 2.94. The lowest BCUT2D eigenvalue weighted by molar-refractivity contribution is -0.146. The number of esters is 1. The molecule has 1 fully saturated rings. The summed E-state index contributed by atoms with van der Waals surface area (Å²) in [6.45, 7) is 0.0968. The zero-order valence-electron chi connectivity index (χ0n) is 10.6. The van der Waals surface area contributed by atoms with Gasteiger partial charge in [0.2, 0.25) is 0 Å². The van der Waals surface area contributed by atoms with Gasteiger partial charge in [-0.25, -0.2) is 0 Å². The van der Waals surface area contributed by atoms with E-state index in [9.17, 15) is 4.79 Å². The van der Waals surface area contributed by atoms with Crippen molar-refractivity contribution in [3.05, 3.63) is 23.8 Å². The molecule has 0 spiro atoms. The fourth-order valence-electron chi connectivity index (χ4n) is 1.71. The van der Waals surface area contributed by atoms with Gasteiger partial charge in [-0.1, -0.05) is 0 Å². The largest absolute Gasteiger partial charge is 0.497 e. The molecule has 1 aliphatic carbocycles. The maximum absolute atomic E-state index is 11.7. The minimum atomic E-state index is -0.963. The first-order chi connectivity index (χ1) is 8.97. The van der Waals surface area contributed by atoms with Crippen molar-refractivity contribution in [2.75, 3.05) is 14.2 Å². The topological polar surface area (TPSA) is 44.8 Å². The number of hydrogen-bond acceptors (Lipinski definition) is 4. The van der Waals surface area contributed by atoms with Crippen LogP contribution in [0.25, 0.3) is 0 Å². The predicted molar refractivity (Wildman–Crippen MR) is 71.9 cm³/mol. The molecule has 0 aliphatic heterocycles. The normalized spacial score (nSPS) is 19.7. The molecule has 2 rings (SSSR count). The van der Waals surface area contributed by atoms with E-state index in [-0.39, 0.29) is 6.61 Å². The number of rotatable bonds is 5. The van der Waals surface area contributed by atoms with E-state index < -0.39 is 16.2 Å². The maximum atomic E-state index is 11.7. The molecule has 0 radical (unpaired) electrons. The number of carbonyl (C=O) groups is 1. The van der Waals surface area contributed by atoms with Crippen molar-refractivity contribution in [2.24, 2.45) is 5.92 Å². The van der Waals surface area contributed by atoms with Crippen molar-refractivity contribution >= 4 is 29.2 Å². The van der Waals surface area contributed by atoms with E-state index in [4.69, 9.17) is 37.4 Å². The minimum Gasteiger partial charge on any atom is -0.497 e. The summed E-state index contributed by atoms with van der Waals surface area (Å²) in [5.74, 6) is 0.469. The Bertz CT molecular complexity index is 488. The molecule has 0 bridgehead atoms. The van der Waals surface area contributed by atoms with Gasteiger partial charge in [0.25, 0.3) is 0 Å². The SMILES string of the molecule is COc1ccc(OC)c(COC(=O)C2CC2(Cl)Cl)c1. The highest BCUT2D eigenvalue weighted by molar-refractivity contribution is 6.52. The summed E-state index contributed by atoms with van der Waals surface area (Å²) in [6, 6.07) is 5.29. The molecule has 19 heavy (non-hydrogen) atoms. The molecule has 0 amide bonds. The lowest BCUT2D eigenvalue weighted by atomic mass is 10.2. The number of alkyl halides is 2. The van der Waals surface area contributed by atoms with E-state index in [0.29, 0.717) is 17.9 Å². The quantitative estimate of drug-likeness (QED) is 0.620. The van der Waals surface area contributed by atoms with Gasteiger partial charge in [0.1, 0.15) is 22.4 Å². The van der Waals surface area contributed by atoms with E-state index in [1.807, 2.05) is 0 Å². The number of benzene rings is 1. The molecule has 1 aliphatic rings. The van der Waals surface area contributed by atoms with E-state index in [2.05, 4.69) is 0 Å². The zero-order chi connectivity index (χ0) is 14.0. The van der Waals surface area contributed by atoms with Gasteiger partial charge in [-0.2, -0.15) is 0 Å². The second-order valence-electron chi connectivity index (χ2n) is 4.30. The van der Waals surface area contributed by atoms with Gasteiger partial charge >= 0.3 is 5.97 Å². The molecular weight excluding hydrogens is 291 g/mol. The zero-order valence-corrected chi connectivity index (χ0v) is 12.1. The van der Waals surface area contributed by atoms with Gasteiger partial charge in [0.15, 0.2) is 0 Å². The van der Waals surface area contributed by atoms with Crippen LogP contribution in [0.2, 0.25) is 0 Å². The molecule has 1 atom stereocenters. The molecule has 0 heterocycles. The lowest BCUT2D eigenvalue weighted by Crippen LogP contribution is -2.11. The summed E-state index contributed by atoms with van der Waals surface area (Å²) in [7, 11) is 3.12. The van der Waals surface area contributed by atoms with Gasteiger partial charge in [0, 0.05) is 5.56 Å². The molecule has 4 nitrogen and oxygen atoms in total. The van der Waals surface area contributed by atoms with E-state index in [0.717, 1.165) is 5.56 Å². The molecule has 1 unspecified atom stereocenters. The Kier molecular flexibility index (Phi) is 4.11. The van der Waals surface area contributed by atoms with Crippen LogP contribution in [-0.2, 0) is 16.1 Å². The first-order valence-electron chi connectivity index (χ1n) is 5.73. The Morgan fingerprint density at radius 3 is 2.58 bits per heavy atom. The Hall–Kier alpha value is -1.13. The molecule has 6 heteroatoms. The van der Waals surface area contributed by atoms with Crippen LogP contribution in [0.3, 0.4) is 0 Å². The number of hydrogen-bond donors (Lipinski definition) is 0. The molecule has 0 saturated heterocycles. The monoisotopic (exact) mass is 304 g/mol. The van der Waals surface area contributed by atoms with Crippen molar-refractivity contribution < 1.29 is 19.0 Å². The molecular formula is C13H14Cl2O4. The average Bonchev–Trinajstić information content (AvgIpc) is 3.04. The fourth-order valence-corrected chi connectivity index (χ4v) is 2.20. The Morgan fingerprint density at radius 1 is 1.37 bits per heavy atom. The number of halogens is 2. The molecule has 1 aromatic rings. The molecule has 0 aromatic heterocycles. The Balaban J connectivity index is 2.00. The van der Waals surface area contributed by atoms with E-state index >= 15 is 0 Å². The van der Waals surface area contributed by atoms with Gasteiger partial charge in [-0.3, -0.25) is 4.79 Å². The third-order valence-electron chi connectivity index (χ3n) is 2.97. The van der Waals surface area contributed by atoms with Crippen LogP contribution < -0.4 is 9.47 Å². The van der Waals surface area contributed by atoms with E-state index in [1.54, 1.807) is 32.4 Å². The summed E-state index contributed by atoms with van der Waals surface area (Å²) in [5.41, 5.74) is 0.727. The summed E-state index contributed by atoms with van der Waals surface area (Å²) in [5, 5.41) is 0. The third-order valence-corrected chi connectivity index (χ3v) is 3.80. The minimum absolute atomic E-state index is 0.0968. The number of methoxy groups -OCH3 is 2. The van der Waals surface area contributed by atoms with Crippen LogP contribution in [0.1, 0.15) is 12.0 Å². The summed E-state index contributed by atoms with van der Waals surface area (Å²) in [4.78, 5) is 11.7. The highest BCUT2D eigenvalue weighted by Crippen LogP contribution is 2.53. The van der Waals surface area contributed by atoms with Gasteiger partial charge in [-0.15, -0.1) is 23.2 Å². The summed E-state index contributed by atoms with van der Waals surface area (Å²) < 4.78 is 14.5. The average molecular weight is 305 g/mol. The first kappa shape index (κ1) is 14.3. The first-order valence-corrected chi connectivity index (χ1v) is 6.49. The van der Waals surface area contributed by atoms with Crippen LogP contribution in [0, 0.1) is 5.92 Å².